The lowest BCUT2D eigenvalue weighted by molar-refractivity contribution is -0.141. The van der Waals surface area contributed by atoms with Gasteiger partial charge in [-0.2, -0.15) is 0 Å². The summed E-state index contributed by atoms with van der Waals surface area (Å²) >= 11 is 0. The summed E-state index contributed by atoms with van der Waals surface area (Å²) in [5, 5.41) is 3.01. The number of carbonyl (C=O) groups excluding carboxylic acids is 3. The van der Waals surface area contributed by atoms with Gasteiger partial charge in [-0.3, -0.25) is 39.1 Å². The van der Waals surface area contributed by atoms with Crippen LogP contribution in [0.1, 0.15) is 66.2 Å². The molecule has 0 spiro atoms. The highest BCUT2D eigenvalue weighted by molar-refractivity contribution is 5.83. The molecule has 0 bridgehead atoms. The quantitative estimate of drug-likeness (QED) is 0.0874. The lowest BCUT2D eigenvalue weighted by atomic mass is 9.87. The Morgan fingerprint density at radius 1 is 0.517 bits per heavy atom. The summed E-state index contributed by atoms with van der Waals surface area (Å²) < 4.78 is 23.2. The zero-order valence-electron chi connectivity index (χ0n) is 51.3. The van der Waals surface area contributed by atoms with Crippen molar-refractivity contribution in [2.75, 3.05) is 66.0 Å². The Morgan fingerprint density at radius 2 is 1.04 bits per heavy atom. The van der Waals surface area contributed by atoms with Crippen molar-refractivity contribution in [3.8, 4) is 34.5 Å². The van der Waals surface area contributed by atoms with Gasteiger partial charge in [-0.1, -0.05) is 103 Å². The maximum atomic E-state index is 13.4. The second-order valence-electron chi connectivity index (χ2n) is 24.2. The van der Waals surface area contributed by atoms with Crippen molar-refractivity contribution in [1.29, 1.82) is 0 Å². The molecule has 89 heavy (non-hydrogen) atoms. The largest absolute Gasteiger partial charge is 0.457 e. The van der Waals surface area contributed by atoms with Crippen molar-refractivity contribution in [2.45, 2.75) is 77.9 Å². The van der Waals surface area contributed by atoms with E-state index in [9.17, 15) is 14.4 Å². The highest BCUT2D eigenvalue weighted by Gasteiger charge is 2.43. The highest BCUT2D eigenvalue weighted by Crippen LogP contribution is 2.36. The van der Waals surface area contributed by atoms with Gasteiger partial charge in [0.1, 0.15) is 34.5 Å². The predicted molar refractivity (Wildman–Crippen MR) is 345 cm³/mol. The molecule has 7 heterocycles. The molecule has 0 saturated carbocycles. The van der Waals surface area contributed by atoms with E-state index in [2.05, 4.69) is 79.4 Å². The molecule has 4 fully saturated rings. The third-order valence-corrected chi connectivity index (χ3v) is 17.4. The van der Waals surface area contributed by atoms with Gasteiger partial charge >= 0.3 is 0 Å². The van der Waals surface area contributed by atoms with E-state index in [4.69, 9.17) is 18.9 Å². The van der Waals surface area contributed by atoms with Gasteiger partial charge in [0, 0.05) is 78.4 Å². The minimum Gasteiger partial charge on any atom is -0.457 e. The van der Waals surface area contributed by atoms with Crippen LogP contribution in [0.4, 0.5) is 0 Å². The van der Waals surface area contributed by atoms with Crippen molar-refractivity contribution >= 4 is 17.7 Å². The summed E-state index contributed by atoms with van der Waals surface area (Å²) in [6, 6.07) is 63.9. The van der Waals surface area contributed by atoms with Crippen LogP contribution >= 0.6 is 0 Å². The molecule has 4 atom stereocenters. The molecule has 5 aliphatic rings. The lowest BCUT2D eigenvalue weighted by Gasteiger charge is -2.34. The van der Waals surface area contributed by atoms with Gasteiger partial charge in [0.15, 0.2) is 0 Å². The molecule has 2 aromatic heterocycles. The number of nitrogens with zero attached hydrogens (tertiary/aromatic N) is 7. The Bertz CT molecular complexity index is 3570. The Kier molecular flexibility index (Phi) is 21.2. The molecule has 13 rings (SSSR count). The van der Waals surface area contributed by atoms with E-state index < -0.39 is 0 Å². The highest BCUT2D eigenvalue weighted by atomic mass is 16.5. The number of para-hydroxylation sites is 3. The standard InChI is InChI=1S/C27H29N3O2.C24H25N3O2.C23H28N2O3/c1-27(26(31)30-15-12-22-8-6-14-28-25(22)19-30)13-16-29(20-27)18-21-7-5-11-24(17-21)32-23-9-3-2-4-10-23;28-24(26-16-21-8-4-5-13-25-21)20-12-14-27(18-20)17-19-7-6-11-23(15-19)29-22-9-2-1-3-10-22;1-27-22-11-13-25(17-22)23(26)19-10-12-24(16-19)15-18-6-5-9-21(14-18)28-20-7-3-2-4-8-20/h2-11,14,17H,12-13,15-16,18-20H2,1H3;1-11,13,15,20H,12,14,16-18H2,(H,26,28);2-9,14,19,22H,10-13,15-17H2,1H3. The van der Waals surface area contributed by atoms with E-state index in [1.165, 1.54) is 22.3 Å². The number of nitrogens with one attached hydrogen (secondary N) is 1. The number of benzene rings is 6. The molecule has 460 valence electrons. The molecular formula is C74H82N8O7. The number of likely N-dealkylation sites (tertiary alicyclic amines) is 4. The van der Waals surface area contributed by atoms with Gasteiger partial charge in [0.25, 0.3) is 0 Å². The van der Waals surface area contributed by atoms with Crippen LogP contribution in [0.2, 0.25) is 0 Å². The molecule has 8 aromatic rings. The number of carbonyl (C=O) groups is 3. The number of rotatable bonds is 18. The van der Waals surface area contributed by atoms with Crippen molar-refractivity contribution in [1.82, 2.24) is 39.8 Å². The Labute approximate surface area is 524 Å². The molecule has 15 nitrogen and oxygen atoms in total. The second kappa shape index (κ2) is 30.5. The van der Waals surface area contributed by atoms with Crippen molar-refractivity contribution in [2.24, 2.45) is 17.3 Å². The topological polar surface area (TPSA) is 142 Å². The predicted octanol–water partition coefficient (Wildman–Crippen LogP) is 12.2. The van der Waals surface area contributed by atoms with E-state index >= 15 is 0 Å². The van der Waals surface area contributed by atoms with Crippen LogP contribution in [0.25, 0.3) is 0 Å². The first kappa shape index (κ1) is 61.9. The minimum absolute atomic E-state index is 0.0301. The molecule has 15 heteroatoms. The normalized spacial score (nSPS) is 19.9. The van der Waals surface area contributed by atoms with Gasteiger partial charge in [-0.05, 0) is 172 Å². The van der Waals surface area contributed by atoms with E-state index in [0.29, 0.717) is 19.0 Å². The second-order valence-corrected chi connectivity index (χ2v) is 24.2. The number of hydrogen-bond acceptors (Lipinski definition) is 12. The van der Waals surface area contributed by atoms with E-state index in [1.807, 2.05) is 168 Å². The fourth-order valence-electron chi connectivity index (χ4n) is 12.6. The van der Waals surface area contributed by atoms with E-state index in [1.54, 1.807) is 13.3 Å². The lowest BCUT2D eigenvalue weighted by Crippen LogP contribution is -2.46. The third kappa shape index (κ3) is 17.5. The number of fused-ring (bicyclic) bond motifs is 1. The molecule has 1 N–H and O–H groups in total. The Balaban J connectivity index is 0.000000138. The summed E-state index contributed by atoms with van der Waals surface area (Å²) in [5.74, 6) is 5.83. The van der Waals surface area contributed by atoms with E-state index in [-0.39, 0.29) is 35.2 Å². The molecule has 5 aliphatic heterocycles. The summed E-state index contributed by atoms with van der Waals surface area (Å²) in [6.45, 7) is 13.3. The molecule has 3 amide bonds. The molecule has 4 saturated heterocycles. The van der Waals surface area contributed by atoms with Crippen molar-refractivity contribution < 1.29 is 33.3 Å². The Hall–Kier alpha value is -8.73. The van der Waals surface area contributed by atoms with Crippen LogP contribution < -0.4 is 19.5 Å². The number of hydrogen-bond donors (Lipinski definition) is 1. The first-order chi connectivity index (χ1) is 43.6. The van der Waals surface area contributed by atoms with Crippen molar-refractivity contribution in [3.63, 3.8) is 0 Å². The van der Waals surface area contributed by atoms with E-state index in [0.717, 1.165) is 157 Å². The zero-order valence-corrected chi connectivity index (χ0v) is 51.3. The van der Waals surface area contributed by atoms with Crippen LogP contribution in [0.5, 0.6) is 34.5 Å². The molecule has 4 unspecified atom stereocenters. The number of methoxy groups -OCH3 is 1. The zero-order chi connectivity index (χ0) is 61.2. The molecule has 0 aliphatic carbocycles. The fraction of sp³-hybridized carbons (Fsp3) is 0.338. The molecular weight excluding hydrogens is 1110 g/mol. The average molecular weight is 1200 g/mol. The minimum atomic E-state index is -0.343. The third-order valence-electron chi connectivity index (χ3n) is 17.4. The summed E-state index contributed by atoms with van der Waals surface area (Å²) in [6.07, 6.45) is 8.32. The summed E-state index contributed by atoms with van der Waals surface area (Å²) in [5.41, 5.74) is 6.45. The number of amides is 3. The first-order valence-corrected chi connectivity index (χ1v) is 31.4. The van der Waals surface area contributed by atoms with Crippen LogP contribution in [0.3, 0.4) is 0 Å². The summed E-state index contributed by atoms with van der Waals surface area (Å²) in [4.78, 5) is 58.5. The fourth-order valence-corrected chi connectivity index (χ4v) is 12.6. The SMILES string of the molecule is CC1(C(=O)N2CCc3cccnc3C2)CCN(Cc2cccc(Oc3ccccc3)c2)C1.COC1CCN(C(=O)C2CCN(Cc3cccc(Oc4ccccc4)c3)C2)C1.O=C(NCc1ccccn1)C1CCN(Cc2cccc(Oc3ccccc3)c2)C1. The summed E-state index contributed by atoms with van der Waals surface area (Å²) in [7, 11) is 1.73. The average Bonchev–Trinajstić information content (AvgIpc) is 2.87. The Morgan fingerprint density at radius 3 is 1.60 bits per heavy atom. The number of ether oxygens (including phenoxy) is 4. The van der Waals surface area contributed by atoms with Gasteiger partial charge in [0.05, 0.1) is 47.8 Å². The van der Waals surface area contributed by atoms with Gasteiger partial charge < -0.3 is 34.1 Å². The first-order valence-electron chi connectivity index (χ1n) is 31.4. The number of pyridine rings is 2. The van der Waals surface area contributed by atoms with Gasteiger partial charge in [-0.15, -0.1) is 0 Å². The molecule has 0 radical (unpaired) electrons. The van der Waals surface area contributed by atoms with Crippen LogP contribution in [-0.4, -0.2) is 124 Å². The van der Waals surface area contributed by atoms with Crippen molar-refractivity contribution in [3.05, 3.63) is 240 Å². The maximum absolute atomic E-state index is 13.4. The van der Waals surface area contributed by atoms with Crippen LogP contribution in [0.15, 0.2) is 207 Å². The monoisotopic (exact) mass is 1190 g/mol. The maximum Gasteiger partial charge on any atom is 0.230 e. The smallest absolute Gasteiger partial charge is 0.230 e. The van der Waals surface area contributed by atoms with Gasteiger partial charge in [0.2, 0.25) is 17.7 Å². The van der Waals surface area contributed by atoms with Crippen LogP contribution in [-0.2, 0) is 58.3 Å². The molecule has 6 aromatic carbocycles. The van der Waals surface area contributed by atoms with Crippen LogP contribution in [0, 0.1) is 17.3 Å². The van der Waals surface area contributed by atoms with Gasteiger partial charge in [-0.25, -0.2) is 0 Å². The number of aromatic nitrogens is 2.